The molecule has 2 rings (SSSR count). The molecule has 1 N–H and O–H groups in total. The normalized spacial score (nSPS) is 12.4. The summed E-state index contributed by atoms with van der Waals surface area (Å²) in [5.74, 6) is 0.771. The molecule has 0 fully saturated rings. The second kappa shape index (κ2) is 6.41. The summed E-state index contributed by atoms with van der Waals surface area (Å²) in [6, 6.07) is 5.83. The minimum atomic E-state index is 0.178. The lowest BCUT2D eigenvalue weighted by Gasteiger charge is -2.16. The van der Waals surface area contributed by atoms with E-state index in [1.165, 1.54) is 0 Å². The predicted molar refractivity (Wildman–Crippen MR) is 81.2 cm³/mol. The van der Waals surface area contributed by atoms with Crippen LogP contribution in [-0.2, 0) is 4.74 Å². The van der Waals surface area contributed by atoms with Gasteiger partial charge in [0.05, 0.1) is 12.3 Å². The van der Waals surface area contributed by atoms with Gasteiger partial charge in [-0.15, -0.1) is 0 Å². The van der Waals surface area contributed by atoms with Crippen molar-refractivity contribution in [2.75, 3.05) is 19.0 Å². The molecular formula is C13H15BrClN3O. The fourth-order valence-electron chi connectivity index (χ4n) is 1.79. The van der Waals surface area contributed by atoms with Gasteiger partial charge in [-0.25, -0.2) is 4.98 Å². The molecule has 4 nitrogen and oxygen atoms in total. The molecule has 0 saturated carbocycles. The molecule has 19 heavy (non-hydrogen) atoms. The Hall–Kier alpha value is -1.04. The highest BCUT2D eigenvalue weighted by molar-refractivity contribution is 9.10. The fourth-order valence-corrected chi connectivity index (χ4v) is 2.67. The van der Waals surface area contributed by atoms with Crippen LogP contribution in [0.5, 0.6) is 0 Å². The van der Waals surface area contributed by atoms with Crippen molar-refractivity contribution in [3.63, 3.8) is 0 Å². The predicted octanol–water partition coefficient (Wildman–Crippen LogP) is 3.74. The van der Waals surface area contributed by atoms with Crippen LogP contribution in [0, 0.1) is 0 Å². The first-order chi connectivity index (χ1) is 9.11. The Morgan fingerprint density at radius 1 is 1.53 bits per heavy atom. The van der Waals surface area contributed by atoms with Crippen LogP contribution in [0.1, 0.15) is 6.92 Å². The van der Waals surface area contributed by atoms with E-state index >= 15 is 0 Å². The topological polar surface area (TPSA) is 39.1 Å². The molecule has 1 atom stereocenters. The van der Waals surface area contributed by atoms with E-state index in [2.05, 4.69) is 26.2 Å². The van der Waals surface area contributed by atoms with Crippen molar-refractivity contribution in [1.82, 2.24) is 9.55 Å². The number of hydrogen-bond acceptors (Lipinski definition) is 3. The Labute approximate surface area is 125 Å². The minimum Gasteiger partial charge on any atom is -0.383 e. The summed E-state index contributed by atoms with van der Waals surface area (Å²) < 4.78 is 7.99. The molecule has 2 aromatic rings. The van der Waals surface area contributed by atoms with E-state index in [9.17, 15) is 0 Å². The molecule has 102 valence electrons. The van der Waals surface area contributed by atoms with Crippen LogP contribution in [0.2, 0.25) is 5.02 Å². The fraction of sp³-hybridized carbons (Fsp3) is 0.308. The molecule has 0 spiro atoms. The highest BCUT2D eigenvalue weighted by atomic mass is 79.9. The molecule has 0 aliphatic heterocycles. The van der Waals surface area contributed by atoms with E-state index in [0.29, 0.717) is 11.6 Å². The lowest BCUT2D eigenvalue weighted by Crippen LogP contribution is -2.22. The third-order valence-electron chi connectivity index (χ3n) is 2.60. The van der Waals surface area contributed by atoms with Gasteiger partial charge in [0.15, 0.2) is 0 Å². The smallest absolute Gasteiger partial charge is 0.207 e. The Morgan fingerprint density at radius 2 is 2.32 bits per heavy atom. The molecule has 1 heterocycles. The second-order valence-electron chi connectivity index (χ2n) is 4.22. The van der Waals surface area contributed by atoms with Crippen molar-refractivity contribution in [1.29, 1.82) is 0 Å². The van der Waals surface area contributed by atoms with E-state index < -0.39 is 0 Å². The molecule has 0 amide bonds. The number of ether oxygens (including phenoxy) is 1. The van der Waals surface area contributed by atoms with Crippen molar-refractivity contribution >= 4 is 33.5 Å². The van der Waals surface area contributed by atoms with Crippen LogP contribution in [0.15, 0.2) is 35.1 Å². The number of aromatic nitrogens is 2. The number of methoxy groups -OCH3 is 1. The van der Waals surface area contributed by atoms with Gasteiger partial charge in [0.1, 0.15) is 0 Å². The van der Waals surface area contributed by atoms with Gasteiger partial charge in [-0.05, 0) is 41.1 Å². The van der Waals surface area contributed by atoms with Crippen molar-refractivity contribution in [3.05, 3.63) is 40.1 Å². The zero-order chi connectivity index (χ0) is 13.8. The molecule has 1 aromatic heterocycles. The van der Waals surface area contributed by atoms with Crippen LogP contribution in [0.25, 0.3) is 5.69 Å². The van der Waals surface area contributed by atoms with E-state index in [-0.39, 0.29) is 6.04 Å². The number of halogens is 2. The highest BCUT2D eigenvalue weighted by Gasteiger charge is 2.10. The molecule has 0 radical (unpaired) electrons. The maximum absolute atomic E-state index is 5.96. The Bertz CT molecular complexity index is 559. The van der Waals surface area contributed by atoms with Gasteiger partial charge in [-0.2, -0.15) is 0 Å². The van der Waals surface area contributed by atoms with Gasteiger partial charge in [-0.3, -0.25) is 4.57 Å². The summed E-state index contributed by atoms with van der Waals surface area (Å²) in [5.41, 5.74) is 0.981. The van der Waals surface area contributed by atoms with E-state index in [1.54, 1.807) is 13.3 Å². The third-order valence-corrected chi connectivity index (χ3v) is 3.47. The van der Waals surface area contributed by atoms with E-state index in [1.807, 2.05) is 35.9 Å². The summed E-state index contributed by atoms with van der Waals surface area (Å²) in [6.07, 6.45) is 3.65. The average Bonchev–Trinajstić information content (AvgIpc) is 2.77. The van der Waals surface area contributed by atoms with Gasteiger partial charge in [0, 0.05) is 35.0 Å². The lowest BCUT2D eigenvalue weighted by atomic mass is 10.3. The molecule has 0 bridgehead atoms. The monoisotopic (exact) mass is 343 g/mol. The van der Waals surface area contributed by atoms with E-state index in [4.69, 9.17) is 16.3 Å². The van der Waals surface area contributed by atoms with Gasteiger partial charge >= 0.3 is 0 Å². The second-order valence-corrected chi connectivity index (χ2v) is 5.51. The highest BCUT2D eigenvalue weighted by Crippen LogP contribution is 2.27. The van der Waals surface area contributed by atoms with Crippen LogP contribution in [-0.4, -0.2) is 29.3 Å². The number of benzene rings is 1. The third kappa shape index (κ3) is 3.49. The molecule has 0 aliphatic carbocycles. The van der Waals surface area contributed by atoms with Crippen molar-refractivity contribution in [3.8, 4) is 5.69 Å². The van der Waals surface area contributed by atoms with Gasteiger partial charge in [0.25, 0.3) is 0 Å². The van der Waals surface area contributed by atoms with E-state index in [0.717, 1.165) is 16.1 Å². The van der Waals surface area contributed by atoms with Gasteiger partial charge < -0.3 is 10.1 Å². The van der Waals surface area contributed by atoms with Crippen molar-refractivity contribution in [2.24, 2.45) is 0 Å². The SMILES string of the molecule is COCC(C)Nc1nccn1-c1ccc(Cl)cc1Br. The number of hydrogen-bond donors (Lipinski definition) is 1. The summed E-state index contributed by atoms with van der Waals surface area (Å²) in [6.45, 7) is 2.66. The van der Waals surface area contributed by atoms with Crippen LogP contribution < -0.4 is 5.32 Å². The van der Waals surface area contributed by atoms with Crippen LogP contribution in [0.4, 0.5) is 5.95 Å². The first kappa shape index (κ1) is 14.4. The van der Waals surface area contributed by atoms with Gasteiger partial charge in [0.2, 0.25) is 5.95 Å². The maximum atomic E-state index is 5.96. The summed E-state index contributed by atoms with van der Waals surface area (Å²) >= 11 is 9.47. The lowest BCUT2D eigenvalue weighted by molar-refractivity contribution is 0.190. The number of nitrogens with zero attached hydrogens (tertiary/aromatic N) is 2. The average molecular weight is 345 g/mol. The zero-order valence-electron chi connectivity index (χ0n) is 10.7. The maximum Gasteiger partial charge on any atom is 0.207 e. The number of rotatable bonds is 5. The Morgan fingerprint density at radius 3 is 3.00 bits per heavy atom. The Balaban J connectivity index is 2.28. The molecule has 6 heteroatoms. The molecule has 1 unspecified atom stereocenters. The number of nitrogens with one attached hydrogen (secondary N) is 1. The molecule has 0 aliphatic rings. The molecule has 0 saturated heterocycles. The Kier molecular flexibility index (Phi) is 4.85. The van der Waals surface area contributed by atoms with Crippen LogP contribution >= 0.6 is 27.5 Å². The first-order valence-corrected chi connectivity index (χ1v) is 7.03. The summed E-state index contributed by atoms with van der Waals surface area (Å²) in [4.78, 5) is 4.32. The van der Waals surface area contributed by atoms with Crippen molar-refractivity contribution in [2.45, 2.75) is 13.0 Å². The van der Waals surface area contributed by atoms with Crippen LogP contribution in [0.3, 0.4) is 0 Å². The van der Waals surface area contributed by atoms with Crippen molar-refractivity contribution < 1.29 is 4.74 Å². The molecule has 1 aromatic carbocycles. The molecular weight excluding hydrogens is 330 g/mol. The minimum absolute atomic E-state index is 0.178. The summed E-state index contributed by atoms with van der Waals surface area (Å²) in [5, 5.41) is 4.00. The van der Waals surface area contributed by atoms with Gasteiger partial charge in [-0.1, -0.05) is 11.6 Å². The number of imidazole rings is 1. The summed E-state index contributed by atoms with van der Waals surface area (Å²) in [7, 11) is 1.68. The zero-order valence-corrected chi connectivity index (χ0v) is 13.1. The largest absolute Gasteiger partial charge is 0.383 e. The quantitative estimate of drug-likeness (QED) is 0.898. The first-order valence-electron chi connectivity index (χ1n) is 5.86. The number of anilines is 1. The standard InChI is InChI=1S/C13H15BrClN3O/c1-9(8-19-2)17-13-16-5-6-18(13)12-4-3-10(15)7-11(12)14/h3-7,9H,8H2,1-2H3,(H,16,17).